The van der Waals surface area contributed by atoms with Crippen molar-refractivity contribution in [2.24, 2.45) is 0 Å². The van der Waals surface area contributed by atoms with Crippen molar-refractivity contribution in [2.75, 3.05) is 32.1 Å². The number of hydrogen-bond donors (Lipinski definition) is 1. The molecule has 5 nitrogen and oxygen atoms in total. The fourth-order valence-corrected chi connectivity index (χ4v) is 6.89. The molecular formula is C22H22N4OS2. The summed E-state index contributed by atoms with van der Waals surface area (Å²) in [6, 6.07) is 10.8. The number of pyridine rings is 1. The Kier molecular flexibility index (Phi) is 4.13. The first-order valence-electron chi connectivity index (χ1n) is 10.0. The van der Waals surface area contributed by atoms with Crippen LogP contribution in [0, 0.1) is 0 Å². The van der Waals surface area contributed by atoms with Gasteiger partial charge < -0.3 is 10.1 Å². The standard InChI is InChI=1S/C22H22N4OS2/c1-26-8-5-16(22(26)6-9-27-12-22)20-11-15-17(4-7-23-21(15)29-20)25-14-2-3-19-18(10-14)24-13-28-19/h2-4,7,10-11,13,16H,5-6,8-9,12H2,1H3,(H,23,25). The number of thiophene rings is 1. The van der Waals surface area contributed by atoms with E-state index >= 15 is 0 Å². The minimum absolute atomic E-state index is 0.157. The molecule has 0 bridgehead atoms. The van der Waals surface area contributed by atoms with E-state index in [1.807, 2.05) is 23.0 Å². The zero-order valence-electron chi connectivity index (χ0n) is 16.2. The maximum absolute atomic E-state index is 5.84. The van der Waals surface area contributed by atoms with Crippen LogP contribution in [0.4, 0.5) is 11.4 Å². The Labute approximate surface area is 177 Å². The highest BCUT2D eigenvalue weighted by atomic mass is 32.1. The van der Waals surface area contributed by atoms with Crippen LogP contribution in [-0.4, -0.2) is 47.2 Å². The number of nitrogens with one attached hydrogen (secondary N) is 1. The molecule has 0 aliphatic carbocycles. The van der Waals surface area contributed by atoms with Gasteiger partial charge in [0.25, 0.3) is 0 Å². The number of thiazole rings is 1. The van der Waals surface area contributed by atoms with Crippen molar-refractivity contribution < 1.29 is 4.74 Å². The van der Waals surface area contributed by atoms with Crippen molar-refractivity contribution in [3.8, 4) is 0 Å². The lowest BCUT2D eigenvalue weighted by Crippen LogP contribution is -2.45. The average Bonchev–Trinajstić information content (AvgIpc) is 3.50. The van der Waals surface area contributed by atoms with Crippen LogP contribution in [0.2, 0.25) is 0 Å². The van der Waals surface area contributed by atoms with Gasteiger partial charge in [0.15, 0.2) is 0 Å². The Hall–Kier alpha value is -2.06. The molecule has 2 saturated heterocycles. The summed E-state index contributed by atoms with van der Waals surface area (Å²) in [4.78, 5) is 14.2. The van der Waals surface area contributed by atoms with Crippen molar-refractivity contribution in [1.29, 1.82) is 0 Å². The van der Waals surface area contributed by atoms with Crippen LogP contribution < -0.4 is 5.32 Å². The number of likely N-dealkylation sites (N-methyl/N-ethyl adjacent to an activating group) is 1. The monoisotopic (exact) mass is 422 g/mol. The van der Waals surface area contributed by atoms with Crippen LogP contribution in [0.15, 0.2) is 42.0 Å². The summed E-state index contributed by atoms with van der Waals surface area (Å²) in [5, 5.41) is 4.80. The van der Waals surface area contributed by atoms with E-state index in [2.05, 4.69) is 57.6 Å². The van der Waals surface area contributed by atoms with E-state index in [0.29, 0.717) is 5.92 Å². The number of benzene rings is 1. The minimum Gasteiger partial charge on any atom is -0.379 e. The van der Waals surface area contributed by atoms with Crippen molar-refractivity contribution in [1.82, 2.24) is 14.9 Å². The molecule has 2 aliphatic rings. The van der Waals surface area contributed by atoms with Gasteiger partial charge >= 0.3 is 0 Å². The quantitative estimate of drug-likeness (QED) is 0.490. The normalized spacial score (nSPS) is 24.9. The van der Waals surface area contributed by atoms with E-state index in [0.717, 1.165) is 47.9 Å². The predicted molar refractivity (Wildman–Crippen MR) is 121 cm³/mol. The number of fused-ring (bicyclic) bond motifs is 2. The molecule has 2 aliphatic heterocycles. The Bertz CT molecular complexity index is 1190. The second kappa shape index (κ2) is 6.74. The van der Waals surface area contributed by atoms with Crippen LogP contribution in [0.3, 0.4) is 0 Å². The summed E-state index contributed by atoms with van der Waals surface area (Å²) >= 11 is 3.51. The second-order valence-electron chi connectivity index (χ2n) is 8.05. The molecule has 4 aromatic rings. The summed E-state index contributed by atoms with van der Waals surface area (Å²) in [6.45, 7) is 2.85. The van der Waals surface area contributed by atoms with Crippen LogP contribution in [0.5, 0.6) is 0 Å². The van der Waals surface area contributed by atoms with E-state index in [4.69, 9.17) is 4.74 Å². The topological polar surface area (TPSA) is 50.3 Å². The minimum atomic E-state index is 0.157. The summed E-state index contributed by atoms with van der Waals surface area (Å²) in [5.41, 5.74) is 5.25. The molecule has 7 heteroatoms. The maximum atomic E-state index is 5.84. The Morgan fingerprint density at radius 2 is 2.21 bits per heavy atom. The molecule has 0 saturated carbocycles. The lowest BCUT2D eigenvalue weighted by molar-refractivity contribution is 0.111. The van der Waals surface area contributed by atoms with Crippen molar-refractivity contribution in [3.05, 3.63) is 46.9 Å². The molecule has 0 amide bonds. The molecule has 2 unspecified atom stereocenters. The summed E-state index contributed by atoms with van der Waals surface area (Å²) < 4.78 is 7.05. The number of aromatic nitrogens is 2. The van der Waals surface area contributed by atoms with E-state index in [1.165, 1.54) is 21.4 Å². The highest BCUT2D eigenvalue weighted by Crippen LogP contribution is 2.49. The number of ether oxygens (including phenoxy) is 1. The van der Waals surface area contributed by atoms with Gasteiger partial charge in [-0.1, -0.05) is 0 Å². The zero-order valence-corrected chi connectivity index (χ0v) is 17.9. The Morgan fingerprint density at radius 1 is 1.24 bits per heavy atom. The third-order valence-electron chi connectivity index (χ3n) is 6.60. The summed E-state index contributed by atoms with van der Waals surface area (Å²) in [7, 11) is 2.25. The van der Waals surface area contributed by atoms with Crippen LogP contribution >= 0.6 is 22.7 Å². The second-order valence-corrected chi connectivity index (χ2v) is 10.0. The molecule has 5 heterocycles. The van der Waals surface area contributed by atoms with E-state index < -0.39 is 0 Å². The van der Waals surface area contributed by atoms with Gasteiger partial charge in [0.1, 0.15) is 4.83 Å². The van der Waals surface area contributed by atoms with Gasteiger partial charge in [0.2, 0.25) is 0 Å². The number of hydrogen-bond acceptors (Lipinski definition) is 7. The van der Waals surface area contributed by atoms with Gasteiger partial charge in [-0.15, -0.1) is 22.7 Å². The predicted octanol–water partition coefficient (Wildman–Crippen LogP) is 5.23. The van der Waals surface area contributed by atoms with Crippen LogP contribution in [0.1, 0.15) is 23.6 Å². The van der Waals surface area contributed by atoms with Crippen molar-refractivity contribution >= 4 is 54.5 Å². The molecule has 6 rings (SSSR count). The number of rotatable bonds is 3. The van der Waals surface area contributed by atoms with E-state index in [9.17, 15) is 0 Å². The smallest absolute Gasteiger partial charge is 0.125 e. The average molecular weight is 423 g/mol. The van der Waals surface area contributed by atoms with Gasteiger partial charge in [-0.2, -0.15) is 0 Å². The zero-order chi connectivity index (χ0) is 19.4. The highest BCUT2D eigenvalue weighted by Gasteiger charge is 2.50. The number of nitrogens with zero attached hydrogens (tertiary/aromatic N) is 3. The van der Waals surface area contributed by atoms with Gasteiger partial charge in [0.05, 0.1) is 33.6 Å². The largest absolute Gasteiger partial charge is 0.379 e. The summed E-state index contributed by atoms with van der Waals surface area (Å²) in [5.74, 6) is 0.522. The van der Waals surface area contributed by atoms with Crippen molar-refractivity contribution in [2.45, 2.75) is 24.3 Å². The molecule has 148 valence electrons. The lowest BCUT2D eigenvalue weighted by atomic mass is 9.83. The molecule has 29 heavy (non-hydrogen) atoms. The third-order valence-corrected chi connectivity index (χ3v) is 8.57. The SMILES string of the molecule is CN1CCC(c2cc3c(Nc4ccc5scnc5c4)ccnc3s2)C12CCOC2. The number of likely N-dealkylation sites (tertiary alicyclic amines) is 1. The van der Waals surface area contributed by atoms with Gasteiger partial charge in [-0.3, -0.25) is 4.90 Å². The molecule has 1 aromatic carbocycles. The van der Waals surface area contributed by atoms with Crippen LogP contribution in [0.25, 0.3) is 20.4 Å². The van der Waals surface area contributed by atoms with Crippen LogP contribution in [-0.2, 0) is 4.74 Å². The molecule has 2 fully saturated rings. The van der Waals surface area contributed by atoms with Gasteiger partial charge in [-0.05, 0) is 56.8 Å². The molecule has 1 N–H and O–H groups in total. The molecule has 3 aromatic heterocycles. The molecule has 1 spiro atoms. The van der Waals surface area contributed by atoms with E-state index in [1.54, 1.807) is 11.3 Å². The molecule has 0 radical (unpaired) electrons. The molecule has 2 atom stereocenters. The van der Waals surface area contributed by atoms with Crippen molar-refractivity contribution in [3.63, 3.8) is 0 Å². The lowest BCUT2D eigenvalue weighted by Gasteiger charge is -2.35. The first kappa shape index (κ1) is 17.8. The highest BCUT2D eigenvalue weighted by molar-refractivity contribution is 7.18. The number of anilines is 2. The third kappa shape index (κ3) is 2.79. The van der Waals surface area contributed by atoms with Gasteiger partial charge in [-0.25, -0.2) is 9.97 Å². The first-order valence-corrected chi connectivity index (χ1v) is 11.7. The summed E-state index contributed by atoms with van der Waals surface area (Å²) in [6.07, 6.45) is 4.21. The van der Waals surface area contributed by atoms with E-state index in [-0.39, 0.29) is 5.54 Å². The fraction of sp³-hybridized carbons (Fsp3) is 0.364. The first-order chi connectivity index (χ1) is 14.2. The van der Waals surface area contributed by atoms with Gasteiger partial charge in [0, 0.05) is 34.7 Å². The molecular weight excluding hydrogens is 400 g/mol. The Morgan fingerprint density at radius 3 is 3.10 bits per heavy atom. The fourth-order valence-electron chi connectivity index (χ4n) is 4.96. The Balaban J connectivity index is 1.38. The maximum Gasteiger partial charge on any atom is 0.125 e.